The van der Waals surface area contributed by atoms with Crippen LogP contribution < -0.4 is 0 Å². The zero-order chi connectivity index (χ0) is 21.6. The normalized spacial score (nSPS) is 12.2. The van der Waals surface area contributed by atoms with Crippen LogP contribution in [0.25, 0.3) is 22.6 Å². The number of aromatic nitrogens is 3. The minimum absolute atomic E-state index is 0.361. The van der Waals surface area contributed by atoms with Crippen molar-refractivity contribution in [3.63, 3.8) is 0 Å². The lowest BCUT2D eigenvalue weighted by molar-refractivity contribution is -0.142. The molecule has 2 heterocycles. The third-order valence-corrected chi connectivity index (χ3v) is 5.66. The zero-order valence-corrected chi connectivity index (χ0v) is 17.7. The molecule has 0 radical (unpaired) electrons. The number of carbonyl (C=O) groups is 1. The van der Waals surface area contributed by atoms with E-state index in [-0.39, 0.29) is 5.92 Å². The van der Waals surface area contributed by atoms with Crippen molar-refractivity contribution in [2.24, 2.45) is 5.92 Å². The Labute approximate surface area is 182 Å². The van der Waals surface area contributed by atoms with Crippen LogP contribution in [-0.2, 0) is 17.8 Å². The minimum atomic E-state index is -0.721. The number of para-hydroxylation sites is 2. The van der Waals surface area contributed by atoms with Gasteiger partial charge in [0.05, 0.1) is 17.0 Å². The van der Waals surface area contributed by atoms with Crippen LogP contribution in [-0.4, -0.2) is 25.6 Å². The van der Waals surface area contributed by atoms with Gasteiger partial charge in [0.15, 0.2) is 5.82 Å². The van der Waals surface area contributed by atoms with E-state index in [1.54, 1.807) is 0 Å². The summed E-state index contributed by atoms with van der Waals surface area (Å²) in [6, 6.07) is 22.0. The maximum atomic E-state index is 11.7. The number of rotatable bonds is 9. The number of carboxylic acid groups (broad SMARTS) is 1. The van der Waals surface area contributed by atoms with Crippen LogP contribution in [0.5, 0.6) is 0 Å². The van der Waals surface area contributed by atoms with Crippen molar-refractivity contribution in [1.82, 2.24) is 14.5 Å². The standard InChI is InChI=1S/C26H27N3O2/c1-19-14-15-27-23(17-19)25-28-22-12-5-6-13-24(22)29(25)16-8-7-11-21(26(30)31)18-20-9-3-2-4-10-20/h2-6,9-10,12-15,17,21H,7-8,11,16,18H2,1H3,(H,30,31). The number of imidazole rings is 1. The lowest BCUT2D eigenvalue weighted by Gasteiger charge is -2.13. The van der Waals surface area contributed by atoms with Crippen LogP contribution in [0.1, 0.15) is 30.4 Å². The molecule has 1 atom stereocenters. The maximum absolute atomic E-state index is 11.7. The Kier molecular flexibility index (Phi) is 6.41. The summed E-state index contributed by atoms with van der Waals surface area (Å²) in [7, 11) is 0. The van der Waals surface area contributed by atoms with E-state index in [2.05, 4.69) is 28.6 Å². The number of pyridine rings is 1. The first-order valence-corrected chi connectivity index (χ1v) is 10.8. The van der Waals surface area contributed by atoms with Crippen molar-refractivity contribution in [2.45, 2.75) is 39.2 Å². The molecule has 1 unspecified atom stereocenters. The monoisotopic (exact) mass is 413 g/mol. The molecule has 0 aliphatic rings. The van der Waals surface area contributed by atoms with E-state index in [9.17, 15) is 9.90 Å². The highest BCUT2D eigenvalue weighted by Gasteiger charge is 2.18. The topological polar surface area (TPSA) is 68.0 Å². The summed E-state index contributed by atoms with van der Waals surface area (Å²) in [5, 5.41) is 9.65. The number of nitrogens with zero attached hydrogens (tertiary/aromatic N) is 3. The third kappa shape index (κ3) is 5.00. The fourth-order valence-corrected chi connectivity index (χ4v) is 4.03. The molecule has 0 aliphatic heterocycles. The molecule has 4 rings (SSSR count). The van der Waals surface area contributed by atoms with Gasteiger partial charge in [0, 0.05) is 12.7 Å². The lowest BCUT2D eigenvalue weighted by atomic mass is 9.94. The second-order valence-corrected chi connectivity index (χ2v) is 8.01. The Morgan fingerprint density at radius 1 is 1.03 bits per heavy atom. The van der Waals surface area contributed by atoms with Crippen LogP contribution in [0.2, 0.25) is 0 Å². The minimum Gasteiger partial charge on any atom is -0.481 e. The highest BCUT2D eigenvalue weighted by atomic mass is 16.4. The molecule has 4 aromatic rings. The van der Waals surface area contributed by atoms with Gasteiger partial charge in [-0.3, -0.25) is 9.78 Å². The number of benzene rings is 2. The van der Waals surface area contributed by atoms with Crippen LogP contribution >= 0.6 is 0 Å². The third-order valence-electron chi connectivity index (χ3n) is 5.66. The van der Waals surface area contributed by atoms with E-state index in [4.69, 9.17) is 4.98 Å². The summed E-state index contributed by atoms with van der Waals surface area (Å²) >= 11 is 0. The van der Waals surface area contributed by atoms with Gasteiger partial charge in [-0.05, 0) is 61.6 Å². The number of fused-ring (bicyclic) bond motifs is 1. The molecule has 158 valence electrons. The molecular formula is C26H27N3O2. The van der Waals surface area contributed by atoms with Crippen molar-refractivity contribution in [2.75, 3.05) is 0 Å². The number of carboxylic acids is 1. The Hall–Kier alpha value is -3.47. The molecule has 5 nitrogen and oxygen atoms in total. The maximum Gasteiger partial charge on any atom is 0.306 e. The molecule has 0 spiro atoms. The highest BCUT2D eigenvalue weighted by molar-refractivity contribution is 5.80. The van der Waals surface area contributed by atoms with Crippen molar-refractivity contribution in [3.05, 3.63) is 84.1 Å². The van der Waals surface area contributed by atoms with E-state index in [1.807, 2.05) is 60.8 Å². The van der Waals surface area contributed by atoms with Gasteiger partial charge < -0.3 is 9.67 Å². The van der Waals surface area contributed by atoms with Gasteiger partial charge >= 0.3 is 5.97 Å². The van der Waals surface area contributed by atoms with Gasteiger partial charge in [-0.1, -0.05) is 48.9 Å². The smallest absolute Gasteiger partial charge is 0.306 e. The molecule has 0 fully saturated rings. The molecular weight excluding hydrogens is 386 g/mol. The van der Waals surface area contributed by atoms with E-state index in [1.165, 1.54) is 0 Å². The average Bonchev–Trinajstić information content (AvgIpc) is 3.15. The predicted octanol–water partition coefficient (Wildman–Crippen LogP) is 5.52. The van der Waals surface area contributed by atoms with Crippen molar-refractivity contribution in [3.8, 4) is 11.5 Å². The summed E-state index contributed by atoms with van der Waals surface area (Å²) in [6.07, 6.45) is 4.78. The fraction of sp³-hybridized carbons (Fsp3) is 0.269. The Balaban J connectivity index is 1.47. The summed E-state index contributed by atoms with van der Waals surface area (Å²) < 4.78 is 2.21. The summed E-state index contributed by atoms with van der Waals surface area (Å²) in [5.41, 5.74) is 5.12. The second-order valence-electron chi connectivity index (χ2n) is 8.01. The van der Waals surface area contributed by atoms with Crippen LogP contribution in [0.3, 0.4) is 0 Å². The molecule has 0 amide bonds. The summed E-state index contributed by atoms with van der Waals surface area (Å²) in [5.74, 6) is -0.217. The van der Waals surface area contributed by atoms with Gasteiger partial charge in [-0.2, -0.15) is 0 Å². The molecule has 0 saturated carbocycles. The van der Waals surface area contributed by atoms with Gasteiger partial charge in [0.2, 0.25) is 0 Å². The van der Waals surface area contributed by atoms with E-state index in [0.29, 0.717) is 12.8 Å². The van der Waals surface area contributed by atoms with Crippen LogP contribution in [0.4, 0.5) is 0 Å². The molecule has 0 bridgehead atoms. The van der Waals surface area contributed by atoms with Gasteiger partial charge in [-0.15, -0.1) is 0 Å². The summed E-state index contributed by atoms with van der Waals surface area (Å²) in [6.45, 7) is 2.83. The quantitative estimate of drug-likeness (QED) is 0.367. The number of hydrogen-bond acceptors (Lipinski definition) is 3. The van der Waals surface area contributed by atoms with E-state index in [0.717, 1.165) is 53.1 Å². The van der Waals surface area contributed by atoms with E-state index >= 15 is 0 Å². The Bertz CT molecular complexity index is 1170. The van der Waals surface area contributed by atoms with Crippen LogP contribution in [0.15, 0.2) is 72.9 Å². The number of aliphatic carboxylic acids is 1. The lowest BCUT2D eigenvalue weighted by Crippen LogP contribution is -2.16. The number of aryl methyl sites for hydroxylation is 2. The predicted molar refractivity (Wildman–Crippen MR) is 123 cm³/mol. The highest BCUT2D eigenvalue weighted by Crippen LogP contribution is 2.25. The molecule has 2 aromatic carbocycles. The first kappa shape index (κ1) is 20.8. The molecule has 0 saturated heterocycles. The SMILES string of the molecule is Cc1ccnc(-c2nc3ccccc3n2CCCCC(Cc2ccccc2)C(=O)O)c1. The Morgan fingerprint density at radius 2 is 1.81 bits per heavy atom. The fourth-order valence-electron chi connectivity index (χ4n) is 4.03. The molecule has 2 aromatic heterocycles. The van der Waals surface area contributed by atoms with E-state index < -0.39 is 5.97 Å². The summed E-state index contributed by atoms with van der Waals surface area (Å²) in [4.78, 5) is 21.1. The average molecular weight is 414 g/mol. The molecule has 1 N–H and O–H groups in total. The van der Waals surface area contributed by atoms with Gasteiger partial charge in [0.25, 0.3) is 0 Å². The second kappa shape index (κ2) is 9.56. The van der Waals surface area contributed by atoms with Crippen molar-refractivity contribution >= 4 is 17.0 Å². The first-order valence-electron chi connectivity index (χ1n) is 10.8. The van der Waals surface area contributed by atoms with Gasteiger partial charge in [0.1, 0.15) is 5.69 Å². The largest absolute Gasteiger partial charge is 0.481 e. The molecule has 0 aliphatic carbocycles. The molecule has 5 heteroatoms. The zero-order valence-electron chi connectivity index (χ0n) is 17.7. The number of hydrogen-bond donors (Lipinski definition) is 1. The van der Waals surface area contributed by atoms with Gasteiger partial charge in [-0.25, -0.2) is 4.98 Å². The first-order chi connectivity index (χ1) is 15.1. The van der Waals surface area contributed by atoms with Crippen LogP contribution in [0, 0.1) is 12.8 Å². The Morgan fingerprint density at radius 3 is 2.58 bits per heavy atom. The molecule has 31 heavy (non-hydrogen) atoms. The number of unbranched alkanes of at least 4 members (excludes halogenated alkanes) is 1. The van der Waals surface area contributed by atoms with Crippen molar-refractivity contribution in [1.29, 1.82) is 0 Å². The van der Waals surface area contributed by atoms with Crippen molar-refractivity contribution < 1.29 is 9.90 Å².